The molecular formula is C14H23NO. The van der Waals surface area contributed by atoms with Crippen LogP contribution in [0.2, 0.25) is 0 Å². The van der Waals surface area contributed by atoms with E-state index < -0.39 is 0 Å². The molecule has 16 heavy (non-hydrogen) atoms. The van der Waals surface area contributed by atoms with Gasteiger partial charge in [-0.2, -0.15) is 0 Å². The lowest BCUT2D eigenvalue weighted by atomic mass is 9.65. The summed E-state index contributed by atoms with van der Waals surface area (Å²) < 4.78 is 0. The average Bonchev–Trinajstić information content (AvgIpc) is 2.89. The third kappa shape index (κ3) is 1.66. The van der Waals surface area contributed by atoms with Gasteiger partial charge in [0.1, 0.15) is 0 Å². The van der Waals surface area contributed by atoms with Crippen molar-refractivity contribution in [2.24, 2.45) is 16.7 Å². The second kappa shape index (κ2) is 3.02. The molecule has 3 aliphatic rings. The number of likely N-dealkylation sites (tertiary alicyclic amines) is 1. The molecule has 0 aromatic carbocycles. The standard InChI is InChI=1S/C14H23NO/c1-13(2)6-11-7-14(3,8-13)9-15(11)12(16)10-4-5-10/h10-11H,4-9H2,1-3H3. The van der Waals surface area contributed by atoms with Gasteiger partial charge >= 0.3 is 0 Å². The Labute approximate surface area is 98.4 Å². The van der Waals surface area contributed by atoms with E-state index in [1.807, 2.05) is 0 Å². The molecule has 2 nitrogen and oxygen atoms in total. The number of hydrogen-bond donors (Lipinski definition) is 0. The highest BCUT2D eigenvalue weighted by Crippen LogP contribution is 2.53. The van der Waals surface area contributed by atoms with Crippen LogP contribution in [0.5, 0.6) is 0 Å². The Morgan fingerprint density at radius 3 is 2.50 bits per heavy atom. The molecule has 1 saturated heterocycles. The first-order valence-corrected chi connectivity index (χ1v) is 6.69. The summed E-state index contributed by atoms with van der Waals surface area (Å²) in [6.45, 7) is 8.13. The van der Waals surface area contributed by atoms with Gasteiger partial charge in [0.05, 0.1) is 0 Å². The van der Waals surface area contributed by atoms with Crippen LogP contribution in [0.15, 0.2) is 0 Å². The summed E-state index contributed by atoms with van der Waals surface area (Å²) in [6, 6.07) is 0.543. The van der Waals surface area contributed by atoms with Gasteiger partial charge in [0.2, 0.25) is 5.91 Å². The van der Waals surface area contributed by atoms with Crippen LogP contribution in [-0.4, -0.2) is 23.4 Å². The monoisotopic (exact) mass is 221 g/mol. The molecule has 2 aliphatic carbocycles. The third-order valence-corrected chi connectivity index (χ3v) is 4.62. The summed E-state index contributed by atoms with van der Waals surface area (Å²) in [5.74, 6) is 0.859. The molecular weight excluding hydrogens is 198 g/mol. The Hall–Kier alpha value is -0.530. The Morgan fingerprint density at radius 1 is 1.19 bits per heavy atom. The van der Waals surface area contributed by atoms with Crippen LogP contribution in [0, 0.1) is 16.7 Å². The second-order valence-corrected chi connectivity index (χ2v) is 7.45. The van der Waals surface area contributed by atoms with Crippen molar-refractivity contribution in [1.29, 1.82) is 0 Å². The molecule has 2 saturated carbocycles. The molecule has 0 radical (unpaired) electrons. The second-order valence-electron chi connectivity index (χ2n) is 7.45. The molecule has 2 bridgehead atoms. The zero-order chi connectivity index (χ0) is 11.6. The fraction of sp³-hybridized carbons (Fsp3) is 0.929. The summed E-state index contributed by atoms with van der Waals surface area (Å²) in [6.07, 6.45) is 6.02. The number of carbonyl (C=O) groups excluding carboxylic acids is 1. The van der Waals surface area contributed by atoms with Crippen LogP contribution in [0.4, 0.5) is 0 Å². The summed E-state index contributed by atoms with van der Waals surface area (Å²) in [4.78, 5) is 14.5. The van der Waals surface area contributed by atoms with Crippen molar-refractivity contribution in [2.75, 3.05) is 6.54 Å². The van der Waals surface area contributed by atoms with Crippen LogP contribution in [0.1, 0.15) is 52.9 Å². The number of amides is 1. The molecule has 2 atom stereocenters. The number of nitrogens with zero attached hydrogens (tertiary/aromatic N) is 1. The fourth-order valence-corrected chi connectivity index (χ4v) is 4.28. The van der Waals surface area contributed by atoms with E-state index in [2.05, 4.69) is 25.7 Å². The highest BCUT2D eigenvalue weighted by Gasteiger charge is 2.52. The Kier molecular flexibility index (Phi) is 2.01. The van der Waals surface area contributed by atoms with Gasteiger partial charge < -0.3 is 4.90 Å². The highest BCUT2D eigenvalue weighted by molar-refractivity contribution is 5.81. The van der Waals surface area contributed by atoms with Crippen LogP contribution in [0.25, 0.3) is 0 Å². The van der Waals surface area contributed by atoms with E-state index in [0.717, 1.165) is 19.4 Å². The number of rotatable bonds is 1. The van der Waals surface area contributed by atoms with E-state index >= 15 is 0 Å². The van der Waals surface area contributed by atoms with E-state index in [4.69, 9.17) is 0 Å². The highest BCUT2D eigenvalue weighted by atomic mass is 16.2. The first-order chi connectivity index (χ1) is 7.39. The summed E-state index contributed by atoms with van der Waals surface area (Å²) in [5, 5.41) is 0. The molecule has 2 heteroatoms. The molecule has 1 amide bonds. The maximum Gasteiger partial charge on any atom is 0.225 e. The zero-order valence-electron chi connectivity index (χ0n) is 10.8. The zero-order valence-corrected chi connectivity index (χ0v) is 10.8. The minimum absolute atomic E-state index is 0.395. The first-order valence-electron chi connectivity index (χ1n) is 6.69. The van der Waals surface area contributed by atoms with Crippen molar-refractivity contribution in [2.45, 2.75) is 58.9 Å². The fourth-order valence-electron chi connectivity index (χ4n) is 4.28. The van der Waals surface area contributed by atoms with Crippen molar-refractivity contribution in [1.82, 2.24) is 4.90 Å². The number of carbonyl (C=O) groups is 1. The smallest absolute Gasteiger partial charge is 0.225 e. The summed E-state index contributed by atoms with van der Waals surface area (Å²) in [7, 11) is 0. The van der Waals surface area contributed by atoms with Gasteiger partial charge in [-0.1, -0.05) is 20.8 Å². The molecule has 3 fully saturated rings. The van der Waals surface area contributed by atoms with Crippen molar-refractivity contribution in [3.05, 3.63) is 0 Å². The SMILES string of the molecule is CC1(C)CC2CC(C)(CN2C(=O)C2CC2)C1. The maximum atomic E-state index is 12.2. The normalized spacial score (nSPS) is 41.2. The van der Waals surface area contributed by atoms with Gasteiger partial charge in [-0.3, -0.25) is 4.79 Å². The lowest BCUT2D eigenvalue weighted by Gasteiger charge is -2.39. The predicted molar refractivity (Wildman–Crippen MR) is 64.0 cm³/mol. The van der Waals surface area contributed by atoms with Crippen LogP contribution < -0.4 is 0 Å². The quantitative estimate of drug-likeness (QED) is 0.666. The predicted octanol–water partition coefficient (Wildman–Crippen LogP) is 2.82. The maximum absolute atomic E-state index is 12.2. The molecule has 0 aromatic heterocycles. The molecule has 1 aliphatic heterocycles. The van der Waals surface area contributed by atoms with E-state index in [-0.39, 0.29) is 0 Å². The Bertz CT molecular complexity index is 332. The Morgan fingerprint density at radius 2 is 1.88 bits per heavy atom. The lowest BCUT2D eigenvalue weighted by Crippen LogP contribution is -2.38. The van der Waals surface area contributed by atoms with Crippen molar-refractivity contribution in [3.63, 3.8) is 0 Å². The molecule has 0 aromatic rings. The largest absolute Gasteiger partial charge is 0.339 e. The van der Waals surface area contributed by atoms with Gasteiger partial charge in [0.15, 0.2) is 0 Å². The molecule has 0 spiro atoms. The third-order valence-electron chi connectivity index (χ3n) is 4.62. The minimum atomic E-state index is 0.395. The number of fused-ring (bicyclic) bond motifs is 2. The van der Waals surface area contributed by atoms with Crippen LogP contribution in [-0.2, 0) is 4.79 Å². The molecule has 3 rings (SSSR count). The van der Waals surface area contributed by atoms with E-state index in [1.165, 1.54) is 19.3 Å². The van der Waals surface area contributed by atoms with E-state index in [1.54, 1.807) is 0 Å². The van der Waals surface area contributed by atoms with Gasteiger partial charge in [-0.25, -0.2) is 0 Å². The lowest BCUT2D eigenvalue weighted by molar-refractivity contribution is -0.133. The topological polar surface area (TPSA) is 20.3 Å². The molecule has 2 unspecified atom stereocenters. The first kappa shape index (κ1) is 10.6. The van der Waals surface area contributed by atoms with Crippen molar-refractivity contribution >= 4 is 5.91 Å². The van der Waals surface area contributed by atoms with Gasteiger partial charge in [0, 0.05) is 18.5 Å². The van der Waals surface area contributed by atoms with Crippen molar-refractivity contribution in [3.8, 4) is 0 Å². The van der Waals surface area contributed by atoms with Crippen LogP contribution in [0.3, 0.4) is 0 Å². The summed E-state index contributed by atoms with van der Waals surface area (Å²) in [5.41, 5.74) is 0.827. The molecule has 90 valence electrons. The van der Waals surface area contributed by atoms with E-state index in [9.17, 15) is 4.79 Å². The van der Waals surface area contributed by atoms with Crippen molar-refractivity contribution < 1.29 is 4.79 Å². The summed E-state index contributed by atoms with van der Waals surface area (Å²) >= 11 is 0. The average molecular weight is 221 g/mol. The van der Waals surface area contributed by atoms with Gasteiger partial charge in [-0.05, 0) is 42.9 Å². The minimum Gasteiger partial charge on any atom is -0.339 e. The molecule has 0 N–H and O–H groups in total. The van der Waals surface area contributed by atoms with Crippen LogP contribution >= 0.6 is 0 Å². The van der Waals surface area contributed by atoms with Gasteiger partial charge in [-0.15, -0.1) is 0 Å². The number of hydrogen-bond acceptors (Lipinski definition) is 1. The molecule has 1 heterocycles. The Balaban J connectivity index is 1.81. The van der Waals surface area contributed by atoms with Gasteiger partial charge in [0.25, 0.3) is 0 Å². The van der Waals surface area contributed by atoms with E-state index in [0.29, 0.717) is 28.7 Å².